The Hall–Kier alpha value is -1.19. The van der Waals surface area contributed by atoms with Crippen molar-refractivity contribution in [2.24, 2.45) is 4.99 Å². The molecule has 0 bridgehead atoms. The van der Waals surface area contributed by atoms with Crippen molar-refractivity contribution in [1.29, 1.82) is 0 Å². The molecule has 1 heterocycles. The van der Waals surface area contributed by atoms with Crippen molar-refractivity contribution in [2.75, 3.05) is 13.7 Å². The highest BCUT2D eigenvalue weighted by atomic mass is 19.1. The van der Waals surface area contributed by atoms with E-state index in [-0.39, 0.29) is 12.1 Å². The van der Waals surface area contributed by atoms with Crippen LogP contribution in [0.5, 0.6) is 0 Å². The van der Waals surface area contributed by atoms with Crippen LogP contribution in [0.1, 0.15) is 0 Å². The van der Waals surface area contributed by atoms with Gasteiger partial charge in [-0.15, -0.1) is 0 Å². The Morgan fingerprint density at radius 3 is 3.18 bits per heavy atom. The minimum atomic E-state index is -1.16. The summed E-state index contributed by atoms with van der Waals surface area (Å²) < 4.78 is 16.9. The number of dihydropyridines is 1. The van der Waals surface area contributed by atoms with E-state index in [1.807, 2.05) is 0 Å². The van der Waals surface area contributed by atoms with Crippen molar-refractivity contribution >= 4 is 12.2 Å². The molecule has 0 N–H and O–H groups in total. The lowest BCUT2D eigenvalue weighted by molar-refractivity contribution is -0.135. The Kier molecular flexibility index (Phi) is 2.36. The maximum Gasteiger partial charge on any atom is 0.339 e. The molecule has 0 spiro atoms. The minimum absolute atomic E-state index is 0.0977. The van der Waals surface area contributed by atoms with Crippen molar-refractivity contribution in [1.82, 2.24) is 0 Å². The SMILES string of the molecule is COC(=O)C1=CC(F)CN=C1. The molecule has 60 valence electrons. The fraction of sp³-hybridized carbons (Fsp3) is 0.429. The molecule has 1 atom stereocenters. The van der Waals surface area contributed by atoms with Crippen LogP contribution >= 0.6 is 0 Å². The number of hydrogen-bond donors (Lipinski definition) is 0. The number of hydrogen-bond acceptors (Lipinski definition) is 3. The van der Waals surface area contributed by atoms with Crippen LogP contribution in [0.3, 0.4) is 0 Å². The number of nitrogens with zero attached hydrogens (tertiary/aromatic N) is 1. The number of ether oxygens (including phenoxy) is 1. The summed E-state index contributed by atoms with van der Waals surface area (Å²) in [5.41, 5.74) is 0.186. The van der Waals surface area contributed by atoms with Gasteiger partial charge in [0.15, 0.2) is 0 Å². The smallest absolute Gasteiger partial charge is 0.339 e. The molecule has 1 rings (SSSR count). The summed E-state index contributed by atoms with van der Waals surface area (Å²) in [5, 5.41) is 0. The van der Waals surface area contributed by atoms with Crippen LogP contribution in [0.15, 0.2) is 16.6 Å². The van der Waals surface area contributed by atoms with Crippen molar-refractivity contribution in [2.45, 2.75) is 6.17 Å². The standard InChI is InChI=1S/C7H8FNO2/c1-11-7(10)5-2-6(8)4-9-3-5/h2-3,6H,4H2,1H3. The van der Waals surface area contributed by atoms with Crippen LogP contribution in [0.4, 0.5) is 4.39 Å². The van der Waals surface area contributed by atoms with Gasteiger partial charge in [0.1, 0.15) is 6.17 Å². The number of carbonyl (C=O) groups excluding carboxylic acids is 1. The average Bonchev–Trinajstić information content (AvgIpc) is 2.03. The molecule has 0 fully saturated rings. The van der Waals surface area contributed by atoms with Crippen molar-refractivity contribution in [3.63, 3.8) is 0 Å². The third-order valence-electron chi connectivity index (χ3n) is 1.29. The quantitative estimate of drug-likeness (QED) is 0.520. The Morgan fingerprint density at radius 2 is 2.64 bits per heavy atom. The van der Waals surface area contributed by atoms with Gasteiger partial charge in [0.05, 0.1) is 19.2 Å². The summed E-state index contributed by atoms with van der Waals surface area (Å²) in [7, 11) is 1.25. The Labute approximate surface area is 63.6 Å². The van der Waals surface area contributed by atoms with Crippen LogP contribution < -0.4 is 0 Å². The number of esters is 1. The molecule has 0 aromatic heterocycles. The first-order valence-electron chi connectivity index (χ1n) is 3.18. The summed E-state index contributed by atoms with van der Waals surface area (Å²) in [6.45, 7) is 0.0977. The van der Waals surface area contributed by atoms with Crippen molar-refractivity contribution in [3.8, 4) is 0 Å². The zero-order valence-corrected chi connectivity index (χ0v) is 6.08. The van der Waals surface area contributed by atoms with Gasteiger partial charge in [-0.25, -0.2) is 9.18 Å². The first-order chi connectivity index (χ1) is 5.24. The van der Waals surface area contributed by atoms with Crippen molar-refractivity contribution in [3.05, 3.63) is 11.6 Å². The van der Waals surface area contributed by atoms with Gasteiger partial charge in [-0.2, -0.15) is 0 Å². The van der Waals surface area contributed by atoms with E-state index in [0.717, 1.165) is 0 Å². The molecule has 0 aromatic carbocycles. The lowest BCUT2D eigenvalue weighted by Crippen LogP contribution is -2.15. The predicted octanol–water partition coefficient (Wildman–Crippen LogP) is 0.508. The molecular formula is C7H8FNO2. The van der Waals surface area contributed by atoms with Crippen LogP contribution in [0.25, 0.3) is 0 Å². The van der Waals surface area contributed by atoms with Gasteiger partial charge < -0.3 is 4.74 Å². The topological polar surface area (TPSA) is 38.7 Å². The van der Waals surface area contributed by atoms with Gasteiger partial charge >= 0.3 is 5.97 Å². The summed E-state index contributed by atoms with van der Waals surface area (Å²) in [6, 6.07) is 0. The van der Waals surface area contributed by atoms with Crippen molar-refractivity contribution < 1.29 is 13.9 Å². The molecule has 1 unspecified atom stereocenters. The lowest BCUT2D eigenvalue weighted by Gasteiger charge is -2.06. The molecule has 0 aromatic rings. The molecule has 0 saturated heterocycles. The zero-order valence-electron chi connectivity index (χ0n) is 6.08. The fourth-order valence-electron chi connectivity index (χ4n) is 0.781. The molecule has 4 heteroatoms. The van der Waals surface area contributed by atoms with Gasteiger partial charge in [-0.1, -0.05) is 0 Å². The van der Waals surface area contributed by atoms with Crippen LogP contribution in [0.2, 0.25) is 0 Å². The largest absolute Gasteiger partial charge is 0.465 e. The molecular weight excluding hydrogens is 149 g/mol. The molecule has 1 aliphatic heterocycles. The molecule has 0 radical (unpaired) electrons. The van der Waals surface area contributed by atoms with E-state index in [0.29, 0.717) is 0 Å². The molecule has 3 nitrogen and oxygen atoms in total. The molecule has 0 amide bonds. The summed E-state index contributed by atoms with van der Waals surface area (Å²) >= 11 is 0. The van der Waals surface area contributed by atoms with Crippen LogP contribution in [-0.2, 0) is 9.53 Å². The highest BCUT2D eigenvalue weighted by Gasteiger charge is 2.14. The number of alkyl halides is 1. The van der Waals surface area contributed by atoms with E-state index in [4.69, 9.17) is 0 Å². The van der Waals surface area contributed by atoms with Gasteiger partial charge in [-0.05, 0) is 6.08 Å². The summed E-state index contributed by atoms with van der Waals surface area (Å²) in [5.74, 6) is -0.545. The fourth-order valence-corrected chi connectivity index (χ4v) is 0.781. The molecule has 0 saturated carbocycles. The normalized spacial score (nSPS) is 22.7. The number of methoxy groups -OCH3 is 1. The Balaban J connectivity index is 2.71. The first kappa shape index (κ1) is 7.91. The van der Waals surface area contributed by atoms with E-state index in [9.17, 15) is 9.18 Å². The maximum absolute atomic E-state index is 12.5. The Bertz CT molecular complexity index is 222. The summed E-state index contributed by atoms with van der Waals surface area (Å²) in [4.78, 5) is 14.4. The predicted molar refractivity (Wildman–Crippen MR) is 38.4 cm³/mol. The second kappa shape index (κ2) is 3.27. The van der Waals surface area contributed by atoms with E-state index < -0.39 is 12.1 Å². The van der Waals surface area contributed by atoms with Gasteiger partial charge in [0, 0.05) is 6.21 Å². The van der Waals surface area contributed by atoms with Gasteiger partial charge in [0.2, 0.25) is 0 Å². The first-order valence-corrected chi connectivity index (χ1v) is 3.18. The molecule has 1 aliphatic rings. The number of carbonyl (C=O) groups is 1. The third-order valence-corrected chi connectivity index (χ3v) is 1.29. The monoisotopic (exact) mass is 157 g/mol. The lowest BCUT2D eigenvalue weighted by atomic mass is 10.2. The Morgan fingerprint density at radius 1 is 1.91 bits per heavy atom. The molecule has 11 heavy (non-hydrogen) atoms. The van der Waals surface area contributed by atoms with E-state index >= 15 is 0 Å². The number of rotatable bonds is 1. The van der Waals surface area contributed by atoms with Gasteiger partial charge in [-0.3, -0.25) is 4.99 Å². The maximum atomic E-state index is 12.5. The highest BCUT2D eigenvalue weighted by molar-refractivity contribution is 6.09. The summed E-state index contributed by atoms with van der Waals surface area (Å²) in [6.07, 6.45) is 1.37. The van der Waals surface area contributed by atoms with Crippen LogP contribution in [0, 0.1) is 0 Å². The number of aliphatic imine (C=N–C) groups is 1. The van der Waals surface area contributed by atoms with E-state index in [1.165, 1.54) is 19.4 Å². The minimum Gasteiger partial charge on any atom is -0.465 e. The third kappa shape index (κ3) is 1.86. The highest BCUT2D eigenvalue weighted by Crippen LogP contribution is 2.06. The van der Waals surface area contributed by atoms with Gasteiger partial charge in [0.25, 0.3) is 0 Å². The number of halogens is 1. The van der Waals surface area contributed by atoms with Crippen LogP contribution in [-0.4, -0.2) is 32.0 Å². The van der Waals surface area contributed by atoms with E-state index in [1.54, 1.807) is 0 Å². The second-order valence-electron chi connectivity index (χ2n) is 2.12. The second-order valence-corrected chi connectivity index (χ2v) is 2.12. The van der Waals surface area contributed by atoms with E-state index in [2.05, 4.69) is 9.73 Å². The molecule has 0 aliphatic carbocycles. The average molecular weight is 157 g/mol. The zero-order chi connectivity index (χ0) is 8.27.